The number of carboxylic acids is 1. The molecular weight excluding hydrogens is 447 g/mol. The van der Waals surface area contributed by atoms with Crippen LogP contribution in [0.1, 0.15) is 29.9 Å². The van der Waals surface area contributed by atoms with Gasteiger partial charge < -0.3 is 19.5 Å². The van der Waals surface area contributed by atoms with E-state index in [0.717, 1.165) is 18.2 Å². The van der Waals surface area contributed by atoms with E-state index in [-0.39, 0.29) is 34.6 Å². The highest BCUT2D eigenvalue weighted by Crippen LogP contribution is 2.46. The van der Waals surface area contributed by atoms with Crippen molar-refractivity contribution in [2.24, 2.45) is 0 Å². The fraction of sp³-hybridized carbons (Fsp3) is 0.192. The fourth-order valence-electron chi connectivity index (χ4n) is 4.40. The molecule has 0 fully saturated rings. The number of methoxy groups -OCH3 is 1. The van der Waals surface area contributed by atoms with Gasteiger partial charge in [0.25, 0.3) is 0 Å². The SMILES string of the molecule is COCC(C)(C)c1c(-c2ccc(C(=O)O)cc2F)c2c(O)cccc2n1-c1ccc(F)c(F)c1. The molecule has 0 saturated heterocycles. The normalized spacial score (nSPS) is 11.8. The van der Waals surface area contributed by atoms with Crippen LogP contribution < -0.4 is 0 Å². The van der Waals surface area contributed by atoms with Crippen molar-refractivity contribution in [3.05, 3.63) is 83.3 Å². The molecule has 0 saturated carbocycles. The summed E-state index contributed by atoms with van der Waals surface area (Å²) in [5.74, 6) is -4.31. The van der Waals surface area contributed by atoms with Gasteiger partial charge in [0.2, 0.25) is 0 Å². The molecule has 2 N–H and O–H groups in total. The number of rotatable bonds is 6. The number of benzene rings is 3. The van der Waals surface area contributed by atoms with Gasteiger partial charge >= 0.3 is 5.97 Å². The lowest BCUT2D eigenvalue weighted by molar-refractivity contribution is 0.0696. The molecule has 1 aromatic heterocycles. The van der Waals surface area contributed by atoms with E-state index >= 15 is 4.39 Å². The third-order valence-corrected chi connectivity index (χ3v) is 5.76. The molecule has 4 aromatic rings. The molecule has 0 bridgehead atoms. The smallest absolute Gasteiger partial charge is 0.335 e. The third-order valence-electron chi connectivity index (χ3n) is 5.76. The molecule has 0 aliphatic carbocycles. The van der Waals surface area contributed by atoms with Gasteiger partial charge in [-0.05, 0) is 36.4 Å². The number of ether oxygens (including phenoxy) is 1. The Balaban J connectivity index is 2.20. The van der Waals surface area contributed by atoms with Crippen molar-refractivity contribution in [3.63, 3.8) is 0 Å². The summed E-state index contributed by atoms with van der Waals surface area (Å²) in [6.45, 7) is 3.85. The van der Waals surface area contributed by atoms with Gasteiger partial charge in [-0.15, -0.1) is 0 Å². The maximum absolute atomic E-state index is 15.3. The Morgan fingerprint density at radius 1 is 1.00 bits per heavy atom. The van der Waals surface area contributed by atoms with Crippen LogP contribution in [0, 0.1) is 17.5 Å². The molecule has 1 heterocycles. The molecule has 3 aromatic carbocycles. The van der Waals surface area contributed by atoms with Gasteiger partial charge in [0.1, 0.15) is 11.6 Å². The predicted molar refractivity (Wildman–Crippen MR) is 122 cm³/mol. The molecule has 4 rings (SSSR count). The number of hydrogen-bond donors (Lipinski definition) is 2. The van der Waals surface area contributed by atoms with Crippen molar-refractivity contribution in [2.45, 2.75) is 19.3 Å². The van der Waals surface area contributed by atoms with Crippen LogP contribution >= 0.6 is 0 Å². The first-order valence-corrected chi connectivity index (χ1v) is 10.4. The van der Waals surface area contributed by atoms with E-state index in [1.165, 1.54) is 31.4 Å². The fourth-order valence-corrected chi connectivity index (χ4v) is 4.40. The van der Waals surface area contributed by atoms with E-state index in [1.807, 2.05) is 13.8 Å². The molecule has 0 amide bonds. The van der Waals surface area contributed by atoms with Crippen LogP contribution in [-0.2, 0) is 10.2 Å². The Kier molecular flexibility index (Phi) is 5.87. The van der Waals surface area contributed by atoms with E-state index in [1.54, 1.807) is 16.7 Å². The van der Waals surface area contributed by atoms with Crippen LogP contribution in [0.3, 0.4) is 0 Å². The first kappa shape index (κ1) is 23.4. The Bertz CT molecular complexity index is 1430. The number of hydrogen-bond acceptors (Lipinski definition) is 3. The van der Waals surface area contributed by atoms with Gasteiger partial charge in [0.05, 0.1) is 23.1 Å². The Morgan fingerprint density at radius 3 is 2.35 bits per heavy atom. The van der Waals surface area contributed by atoms with E-state index in [0.29, 0.717) is 16.8 Å². The van der Waals surface area contributed by atoms with Gasteiger partial charge in [0, 0.05) is 41.1 Å². The van der Waals surface area contributed by atoms with E-state index < -0.39 is 28.8 Å². The van der Waals surface area contributed by atoms with Crippen molar-refractivity contribution in [1.29, 1.82) is 0 Å². The summed E-state index contributed by atoms with van der Waals surface area (Å²) in [6, 6.07) is 11.6. The second-order valence-electron chi connectivity index (χ2n) is 8.65. The zero-order valence-electron chi connectivity index (χ0n) is 18.7. The molecule has 0 aliphatic heterocycles. The second-order valence-corrected chi connectivity index (χ2v) is 8.65. The summed E-state index contributed by atoms with van der Waals surface area (Å²) in [6.07, 6.45) is 0. The second kappa shape index (κ2) is 8.53. The minimum atomic E-state index is -1.28. The third kappa shape index (κ3) is 3.80. The minimum Gasteiger partial charge on any atom is -0.507 e. The van der Waals surface area contributed by atoms with E-state index in [4.69, 9.17) is 4.74 Å². The van der Waals surface area contributed by atoms with Gasteiger partial charge in [-0.2, -0.15) is 0 Å². The van der Waals surface area contributed by atoms with Crippen molar-refractivity contribution < 1.29 is 32.9 Å². The summed E-state index contributed by atoms with van der Waals surface area (Å²) in [5, 5.41) is 20.4. The largest absolute Gasteiger partial charge is 0.507 e. The maximum atomic E-state index is 15.3. The Morgan fingerprint density at radius 2 is 1.74 bits per heavy atom. The lowest BCUT2D eigenvalue weighted by atomic mass is 9.84. The number of carboxylic acid groups (broad SMARTS) is 1. The van der Waals surface area contributed by atoms with Crippen molar-refractivity contribution in [1.82, 2.24) is 4.57 Å². The van der Waals surface area contributed by atoms with Crippen LogP contribution in [0.4, 0.5) is 13.2 Å². The monoisotopic (exact) mass is 469 g/mol. The lowest BCUT2D eigenvalue weighted by Gasteiger charge is -2.28. The highest BCUT2D eigenvalue weighted by molar-refractivity contribution is 6.04. The number of aromatic nitrogens is 1. The Labute approximate surface area is 193 Å². The van der Waals surface area contributed by atoms with Crippen LogP contribution in [0.2, 0.25) is 0 Å². The molecule has 0 aliphatic rings. The number of carbonyl (C=O) groups is 1. The average molecular weight is 469 g/mol. The molecular formula is C26H22F3NO4. The van der Waals surface area contributed by atoms with Gasteiger partial charge in [-0.3, -0.25) is 0 Å². The first-order chi connectivity index (χ1) is 16.1. The van der Waals surface area contributed by atoms with E-state index in [2.05, 4.69) is 0 Å². The van der Waals surface area contributed by atoms with Crippen molar-refractivity contribution in [3.8, 4) is 22.6 Å². The zero-order chi connectivity index (χ0) is 24.8. The van der Waals surface area contributed by atoms with Gasteiger partial charge in [0.15, 0.2) is 11.6 Å². The predicted octanol–water partition coefficient (Wildman–Crippen LogP) is 6.04. The molecule has 0 spiro atoms. The zero-order valence-corrected chi connectivity index (χ0v) is 18.7. The number of halogens is 3. The van der Waals surface area contributed by atoms with Gasteiger partial charge in [-0.25, -0.2) is 18.0 Å². The quantitative estimate of drug-likeness (QED) is 0.361. The summed E-state index contributed by atoms with van der Waals surface area (Å²) in [5.41, 5.74) is 0.486. The summed E-state index contributed by atoms with van der Waals surface area (Å²) < 4.78 is 50.4. The minimum absolute atomic E-state index is 0.0528. The van der Waals surface area contributed by atoms with Crippen molar-refractivity contribution >= 4 is 16.9 Å². The standard InChI is InChI=1S/C26H22F3NO4/c1-26(2,13-34-3)24-22(16-9-7-14(25(32)33)11-18(16)28)23-20(5-4-6-21(23)31)30(24)15-8-10-17(27)19(29)12-15/h4-12,31H,13H2,1-3H3,(H,32,33). The molecule has 176 valence electrons. The van der Waals surface area contributed by atoms with Crippen LogP contribution in [0.15, 0.2) is 54.6 Å². The maximum Gasteiger partial charge on any atom is 0.335 e. The number of fused-ring (bicyclic) bond motifs is 1. The highest BCUT2D eigenvalue weighted by atomic mass is 19.2. The first-order valence-electron chi connectivity index (χ1n) is 10.4. The highest BCUT2D eigenvalue weighted by Gasteiger charge is 2.34. The van der Waals surface area contributed by atoms with E-state index in [9.17, 15) is 23.8 Å². The van der Waals surface area contributed by atoms with Crippen LogP contribution in [-0.4, -0.2) is 34.5 Å². The molecule has 0 atom stereocenters. The molecule has 0 unspecified atom stereocenters. The summed E-state index contributed by atoms with van der Waals surface area (Å²) >= 11 is 0. The summed E-state index contributed by atoms with van der Waals surface area (Å²) in [4.78, 5) is 11.3. The number of phenolic OH excluding ortho intramolecular Hbond substituents is 1. The van der Waals surface area contributed by atoms with Gasteiger partial charge in [-0.1, -0.05) is 26.0 Å². The number of phenols is 1. The van der Waals surface area contributed by atoms with Crippen LogP contribution in [0.5, 0.6) is 5.75 Å². The number of nitrogens with zero attached hydrogens (tertiary/aromatic N) is 1. The average Bonchev–Trinajstić information content (AvgIpc) is 3.12. The molecule has 34 heavy (non-hydrogen) atoms. The Hall–Kier alpha value is -3.78. The molecule has 8 heteroatoms. The topological polar surface area (TPSA) is 71.7 Å². The van der Waals surface area contributed by atoms with Crippen molar-refractivity contribution in [2.75, 3.05) is 13.7 Å². The molecule has 5 nitrogen and oxygen atoms in total. The number of aromatic hydroxyl groups is 1. The lowest BCUT2D eigenvalue weighted by Crippen LogP contribution is -2.27. The van der Waals surface area contributed by atoms with Crippen LogP contribution in [0.25, 0.3) is 27.7 Å². The summed E-state index contributed by atoms with van der Waals surface area (Å²) in [7, 11) is 1.51. The number of aromatic carboxylic acids is 1. The molecule has 0 radical (unpaired) electrons.